The van der Waals surface area contributed by atoms with Gasteiger partial charge in [0.15, 0.2) is 0 Å². The number of ether oxygens (including phenoxy) is 1. The first-order valence-corrected chi connectivity index (χ1v) is 9.20. The first-order chi connectivity index (χ1) is 11.3. The minimum absolute atomic E-state index is 0.112. The van der Waals surface area contributed by atoms with Crippen LogP contribution in [0.2, 0.25) is 0 Å². The average molecular weight is 343 g/mol. The molecule has 3 aromatic rings. The molecule has 118 valence electrons. The summed E-state index contributed by atoms with van der Waals surface area (Å²) < 4.78 is 5.51. The molecule has 3 nitrogen and oxygen atoms in total. The number of rotatable bonds is 6. The van der Waals surface area contributed by atoms with E-state index in [1.54, 1.807) is 28.7 Å². The lowest BCUT2D eigenvalue weighted by molar-refractivity contribution is 0.0947. The van der Waals surface area contributed by atoms with Gasteiger partial charge in [-0.3, -0.25) is 4.79 Å². The highest BCUT2D eigenvalue weighted by Gasteiger charge is 2.12. The summed E-state index contributed by atoms with van der Waals surface area (Å²) >= 11 is 3.34. The van der Waals surface area contributed by atoms with E-state index in [0.717, 1.165) is 4.88 Å². The SMILES string of the molecule is CCOc1ccccc1C(=O)NCc1cc(-c2ccsc2)cs1. The van der Waals surface area contributed by atoms with Crippen molar-refractivity contribution in [3.8, 4) is 16.9 Å². The van der Waals surface area contributed by atoms with Crippen LogP contribution in [-0.4, -0.2) is 12.5 Å². The summed E-state index contributed by atoms with van der Waals surface area (Å²) in [6.45, 7) is 2.97. The minimum atomic E-state index is -0.112. The Bertz CT molecular complexity index is 778. The molecule has 0 saturated carbocycles. The Balaban J connectivity index is 1.65. The van der Waals surface area contributed by atoms with Crippen molar-refractivity contribution in [2.45, 2.75) is 13.5 Å². The molecule has 0 aliphatic rings. The average Bonchev–Trinajstić information content (AvgIpc) is 3.24. The molecule has 1 amide bonds. The Hall–Kier alpha value is -2.11. The fourth-order valence-corrected chi connectivity index (χ4v) is 3.75. The van der Waals surface area contributed by atoms with Crippen molar-refractivity contribution in [3.05, 3.63) is 63.0 Å². The summed E-state index contributed by atoms with van der Waals surface area (Å²) in [6.07, 6.45) is 0. The zero-order chi connectivity index (χ0) is 16.1. The minimum Gasteiger partial charge on any atom is -0.493 e. The van der Waals surface area contributed by atoms with Crippen molar-refractivity contribution in [3.63, 3.8) is 0 Å². The third kappa shape index (κ3) is 3.81. The molecule has 23 heavy (non-hydrogen) atoms. The number of hydrogen-bond donors (Lipinski definition) is 1. The number of hydrogen-bond acceptors (Lipinski definition) is 4. The number of carbonyl (C=O) groups excluding carboxylic acids is 1. The lowest BCUT2D eigenvalue weighted by Gasteiger charge is -2.09. The van der Waals surface area contributed by atoms with Crippen molar-refractivity contribution in [2.75, 3.05) is 6.61 Å². The Morgan fingerprint density at radius 2 is 2.04 bits per heavy atom. The standard InChI is InChI=1S/C18H17NO2S2/c1-2-21-17-6-4-3-5-16(17)18(20)19-10-15-9-14(12-23-15)13-7-8-22-11-13/h3-9,11-12H,2,10H2,1H3,(H,19,20). The number of para-hydroxylation sites is 1. The molecule has 1 aromatic carbocycles. The van der Waals surface area contributed by atoms with Gasteiger partial charge in [-0.25, -0.2) is 0 Å². The lowest BCUT2D eigenvalue weighted by Crippen LogP contribution is -2.23. The van der Waals surface area contributed by atoms with Gasteiger partial charge in [-0.05, 0) is 58.5 Å². The smallest absolute Gasteiger partial charge is 0.255 e. The molecule has 0 saturated heterocycles. The number of benzene rings is 1. The van der Waals surface area contributed by atoms with Crippen LogP contribution >= 0.6 is 22.7 Å². The van der Waals surface area contributed by atoms with Gasteiger partial charge in [0.05, 0.1) is 18.7 Å². The first kappa shape index (κ1) is 15.8. The highest BCUT2D eigenvalue weighted by atomic mass is 32.1. The predicted molar refractivity (Wildman–Crippen MR) is 96.4 cm³/mol. The van der Waals surface area contributed by atoms with Gasteiger partial charge in [-0.15, -0.1) is 11.3 Å². The number of nitrogens with one attached hydrogen (secondary N) is 1. The molecule has 0 unspecified atom stereocenters. The number of amides is 1. The summed E-state index contributed by atoms with van der Waals surface area (Å²) in [5.74, 6) is 0.511. The van der Waals surface area contributed by atoms with Gasteiger partial charge in [-0.2, -0.15) is 11.3 Å². The van der Waals surface area contributed by atoms with Gasteiger partial charge < -0.3 is 10.1 Å². The van der Waals surface area contributed by atoms with Gasteiger partial charge in [0.1, 0.15) is 5.75 Å². The van der Waals surface area contributed by atoms with Gasteiger partial charge >= 0.3 is 0 Å². The zero-order valence-electron chi connectivity index (χ0n) is 12.7. The van der Waals surface area contributed by atoms with Crippen molar-refractivity contribution in [1.29, 1.82) is 0 Å². The summed E-state index contributed by atoms with van der Waals surface area (Å²) in [5, 5.41) is 9.29. The van der Waals surface area contributed by atoms with Crippen LogP contribution in [0.4, 0.5) is 0 Å². The molecule has 0 spiro atoms. The van der Waals surface area contributed by atoms with E-state index in [-0.39, 0.29) is 5.91 Å². The van der Waals surface area contributed by atoms with Crippen LogP contribution < -0.4 is 10.1 Å². The van der Waals surface area contributed by atoms with E-state index < -0.39 is 0 Å². The van der Waals surface area contributed by atoms with Crippen LogP contribution in [0, 0.1) is 0 Å². The quantitative estimate of drug-likeness (QED) is 0.698. The van der Waals surface area contributed by atoms with E-state index in [1.165, 1.54) is 11.1 Å². The van der Waals surface area contributed by atoms with Crippen LogP contribution in [0.1, 0.15) is 22.2 Å². The van der Waals surface area contributed by atoms with Gasteiger partial charge in [0.2, 0.25) is 0 Å². The molecule has 2 heterocycles. The highest BCUT2D eigenvalue weighted by molar-refractivity contribution is 7.10. The summed E-state index contributed by atoms with van der Waals surface area (Å²) in [6, 6.07) is 11.5. The van der Waals surface area contributed by atoms with Crippen molar-refractivity contribution >= 4 is 28.6 Å². The molecule has 1 N–H and O–H groups in total. The van der Waals surface area contributed by atoms with E-state index in [4.69, 9.17) is 4.74 Å². The summed E-state index contributed by atoms with van der Waals surface area (Å²) in [5.41, 5.74) is 3.00. The highest BCUT2D eigenvalue weighted by Crippen LogP contribution is 2.27. The molecule has 2 aromatic heterocycles. The van der Waals surface area contributed by atoms with Gasteiger partial charge in [0, 0.05) is 4.88 Å². The molecule has 0 fully saturated rings. The van der Waals surface area contributed by atoms with Crippen LogP contribution in [0.3, 0.4) is 0 Å². The maximum Gasteiger partial charge on any atom is 0.255 e. The van der Waals surface area contributed by atoms with Crippen molar-refractivity contribution < 1.29 is 9.53 Å². The fourth-order valence-electron chi connectivity index (χ4n) is 2.25. The van der Waals surface area contributed by atoms with Gasteiger partial charge in [-0.1, -0.05) is 12.1 Å². The van der Waals surface area contributed by atoms with Crippen molar-refractivity contribution in [1.82, 2.24) is 5.32 Å². The third-order valence-corrected chi connectivity index (χ3v) is 4.98. The van der Waals surface area contributed by atoms with E-state index in [1.807, 2.05) is 25.1 Å². The predicted octanol–water partition coefficient (Wildman–Crippen LogP) is 4.81. The summed E-state index contributed by atoms with van der Waals surface area (Å²) in [4.78, 5) is 13.5. The molecule has 0 aliphatic carbocycles. The van der Waals surface area contributed by atoms with Crippen molar-refractivity contribution in [2.24, 2.45) is 0 Å². The first-order valence-electron chi connectivity index (χ1n) is 7.38. The molecular formula is C18H17NO2S2. The Morgan fingerprint density at radius 3 is 2.83 bits per heavy atom. The molecular weight excluding hydrogens is 326 g/mol. The Kier molecular flexibility index (Phi) is 5.10. The second-order valence-electron chi connectivity index (χ2n) is 4.93. The monoisotopic (exact) mass is 343 g/mol. The maximum atomic E-state index is 12.4. The zero-order valence-corrected chi connectivity index (χ0v) is 14.4. The van der Waals surface area contributed by atoms with E-state index in [0.29, 0.717) is 24.5 Å². The van der Waals surface area contributed by atoms with Crippen LogP contribution in [0.15, 0.2) is 52.5 Å². The molecule has 0 aliphatic heterocycles. The number of carbonyl (C=O) groups is 1. The van der Waals surface area contributed by atoms with E-state index in [2.05, 4.69) is 33.6 Å². The van der Waals surface area contributed by atoms with Crippen LogP contribution in [0.5, 0.6) is 5.75 Å². The third-order valence-electron chi connectivity index (χ3n) is 3.36. The maximum absolute atomic E-state index is 12.4. The van der Waals surface area contributed by atoms with Crippen LogP contribution in [-0.2, 0) is 6.54 Å². The van der Waals surface area contributed by atoms with E-state index in [9.17, 15) is 4.79 Å². The molecule has 0 bridgehead atoms. The Morgan fingerprint density at radius 1 is 1.17 bits per heavy atom. The second-order valence-corrected chi connectivity index (χ2v) is 6.70. The lowest BCUT2D eigenvalue weighted by atomic mass is 10.1. The molecule has 0 atom stereocenters. The molecule has 0 radical (unpaired) electrons. The normalized spacial score (nSPS) is 10.5. The molecule has 5 heteroatoms. The second kappa shape index (κ2) is 7.44. The topological polar surface area (TPSA) is 38.3 Å². The summed E-state index contributed by atoms with van der Waals surface area (Å²) in [7, 11) is 0. The van der Waals surface area contributed by atoms with Crippen LogP contribution in [0.25, 0.3) is 11.1 Å². The Labute approximate surface area is 143 Å². The van der Waals surface area contributed by atoms with Gasteiger partial charge in [0.25, 0.3) is 5.91 Å². The fraction of sp³-hybridized carbons (Fsp3) is 0.167. The largest absolute Gasteiger partial charge is 0.493 e. The number of thiophene rings is 2. The molecule has 3 rings (SSSR count). The van der Waals surface area contributed by atoms with E-state index >= 15 is 0 Å².